The maximum Gasteiger partial charge on any atom is 0.261 e. The van der Waals surface area contributed by atoms with Crippen molar-refractivity contribution in [1.82, 2.24) is 5.32 Å². The van der Waals surface area contributed by atoms with Crippen molar-refractivity contribution in [2.24, 2.45) is 0 Å². The first-order valence-corrected chi connectivity index (χ1v) is 5.12. The Bertz CT molecular complexity index is 241. The van der Waals surface area contributed by atoms with Crippen molar-refractivity contribution in [3.05, 3.63) is 0 Å². The lowest BCUT2D eigenvalue weighted by Crippen LogP contribution is -2.34. The van der Waals surface area contributed by atoms with Crippen LogP contribution < -0.4 is 5.32 Å². The Hall–Kier alpha value is -1.22. The smallest absolute Gasteiger partial charge is 0.261 e. The summed E-state index contributed by atoms with van der Waals surface area (Å²) in [5, 5.41) is 11.1. The standard InChI is InChI=1S/C10H16F2N2O2/c1-2-8(3-5-13)14-10(15)4-6-16-7-9(11)12/h8-9H,2-4,6-7H2,1H3,(H,14,15). The van der Waals surface area contributed by atoms with Crippen LogP contribution in [0.5, 0.6) is 0 Å². The van der Waals surface area contributed by atoms with E-state index in [-0.39, 0.29) is 31.4 Å². The summed E-state index contributed by atoms with van der Waals surface area (Å²) < 4.78 is 27.9. The van der Waals surface area contributed by atoms with Crippen molar-refractivity contribution < 1.29 is 18.3 Å². The summed E-state index contributed by atoms with van der Waals surface area (Å²) >= 11 is 0. The second-order valence-electron chi connectivity index (χ2n) is 3.25. The third-order valence-corrected chi connectivity index (χ3v) is 1.91. The van der Waals surface area contributed by atoms with Crippen molar-refractivity contribution in [1.29, 1.82) is 5.26 Å². The molecule has 1 N–H and O–H groups in total. The van der Waals surface area contributed by atoms with E-state index in [1.54, 1.807) is 0 Å². The zero-order valence-corrected chi connectivity index (χ0v) is 9.21. The highest BCUT2D eigenvalue weighted by atomic mass is 19.3. The van der Waals surface area contributed by atoms with Crippen LogP contribution in [-0.4, -0.2) is 31.6 Å². The molecule has 1 amide bonds. The molecule has 0 heterocycles. The van der Waals surface area contributed by atoms with Crippen LogP contribution in [0.15, 0.2) is 0 Å². The van der Waals surface area contributed by atoms with Gasteiger partial charge in [-0.1, -0.05) is 6.92 Å². The first-order valence-electron chi connectivity index (χ1n) is 5.12. The van der Waals surface area contributed by atoms with E-state index >= 15 is 0 Å². The number of carbonyl (C=O) groups excluding carboxylic acids is 1. The second-order valence-corrected chi connectivity index (χ2v) is 3.25. The summed E-state index contributed by atoms with van der Waals surface area (Å²) in [5.41, 5.74) is 0. The van der Waals surface area contributed by atoms with Crippen molar-refractivity contribution in [2.45, 2.75) is 38.7 Å². The highest BCUT2D eigenvalue weighted by Gasteiger charge is 2.10. The molecule has 0 aromatic carbocycles. The summed E-state index contributed by atoms with van der Waals surface area (Å²) in [7, 11) is 0. The SMILES string of the molecule is CCC(CC#N)NC(=O)CCOCC(F)F. The number of ether oxygens (including phenoxy) is 1. The summed E-state index contributed by atoms with van der Waals surface area (Å²) in [4.78, 5) is 11.2. The third-order valence-electron chi connectivity index (χ3n) is 1.91. The molecule has 16 heavy (non-hydrogen) atoms. The van der Waals surface area contributed by atoms with Crippen LogP contribution in [0.3, 0.4) is 0 Å². The molecule has 1 atom stereocenters. The van der Waals surface area contributed by atoms with Gasteiger partial charge >= 0.3 is 0 Å². The van der Waals surface area contributed by atoms with E-state index in [1.165, 1.54) is 0 Å². The van der Waals surface area contributed by atoms with Crippen LogP contribution in [0, 0.1) is 11.3 Å². The van der Waals surface area contributed by atoms with Gasteiger partial charge in [0, 0.05) is 12.5 Å². The molecule has 0 saturated carbocycles. The predicted octanol–water partition coefficient (Wildman–Crippen LogP) is 1.47. The molecule has 0 aromatic rings. The number of nitriles is 1. The zero-order valence-electron chi connectivity index (χ0n) is 9.21. The van der Waals surface area contributed by atoms with E-state index in [0.717, 1.165) is 0 Å². The quantitative estimate of drug-likeness (QED) is 0.647. The van der Waals surface area contributed by atoms with Crippen LogP contribution in [0.1, 0.15) is 26.2 Å². The number of nitrogens with one attached hydrogen (secondary N) is 1. The van der Waals surface area contributed by atoms with Gasteiger partial charge in [0.05, 0.1) is 19.1 Å². The average Bonchev–Trinajstić information content (AvgIpc) is 2.23. The summed E-state index contributed by atoms with van der Waals surface area (Å²) in [6, 6.07) is 1.79. The minimum absolute atomic E-state index is 0.0286. The average molecular weight is 234 g/mol. The van der Waals surface area contributed by atoms with Gasteiger partial charge in [0.1, 0.15) is 6.61 Å². The maximum atomic E-state index is 11.7. The Labute approximate surface area is 93.6 Å². The number of hydrogen-bond acceptors (Lipinski definition) is 3. The second kappa shape index (κ2) is 9.04. The van der Waals surface area contributed by atoms with Crippen molar-refractivity contribution >= 4 is 5.91 Å². The Morgan fingerprint density at radius 3 is 2.75 bits per heavy atom. The molecule has 92 valence electrons. The maximum absolute atomic E-state index is 11.7. The molecule has 0 bridgehead atoms. The van der Waals surface area contributed by atoms with E-state index in [0.29, 0.717) is 6.42 Å². The lowest BCUT2D eigenvalue weighted by atomic mass is 10.1. The molecule has 0 fully saturated rings. The van der Waals surface area contributed by atoms with Crippen LogP contribution in [-0.2, 0) is 9.53 Å². The first-order chi connectivity index (χ1) is 7.60. The number of hydrogen-bond donors (Lipinski definition) is 1. The minimum Gasteiger partial charge on any atom is -0.375 e. The van der Waals surface area contributed by atoms with Gasteiger partial charge in [-0.2, -0.15) is 5.26 Å². The number of amides is 1. The van der Waals surface area contributed by atoms with Crippen LogP contribution in [0.25, 0.3) is 0 Å². The van der Waals surface area contributed by atoms with E-state index in [9.17, 15) is 13.6 Å². The molecule has 4 nitrogen and oxygen atoms in total. The number of alkyl halides is 2. The molecule has 0 aliphatic heterocycles. The van der Waals surface area contributed by atoms with Crippen molar-refractivity contribution in [2.75, 3.05) is 13.2 Å². The molecule has 0 aliphatic rings. The van der Waals surface area contributed by atoms with Gasteiger partial charge in [-0.25, -0.2) is 8.78 Å². The normalized spacial score (nSPS) is 12.2. The molecule has 0 saturated heterocycles. The van der Waals surface area contributed by atoms with Gasteiger partial charge in [0.25, 0.3) is 6.43 Å². The minimum atomic E-state index is -2.51. The Balaban J connectivity index is 3.61. The lowest BCUT2D eigenvalue weighted by molar-refractivity contribution is -0.123. The fourth-order valence-corrected chi connectivity index (χ4v) is 1.04. The molecular formula is C10H16F2N2O2. The molecule has 6 heteroatoms. The zero-order chi connectivity index (χ0) is 12.4. The fourth-order valence-electron chi connectivity index (χ4n) is 1.04. The van der Waals surface area contributed by atoms with E-state index in [4.69, 9.17) is 5.26 Å². The van der Waals surface area contributed by atoms with Gasteiger partial charge in [-0.05, 0) is 6.42 Å². The van der Waals surface area contributed by atoms with E-state index in [1.807, 2.05) is 13.0 Å². The number of carbonyl (C=O) groups is 1. The first kappa shape index (κ1) is 14.8. The molecule has 0 spiro atoms. The lowest BCUT2D eigenvalue weighted by Gasteiger charge is -2.13. The Kier molecular flexibility index (Phi) is 8.35. The largest absolute Gasteiger partial charge is 0.375 e. The van der Waals surface area contributed by atoms with E-state index in [2.05, 4.69) is 10.1 Å². The van der Waals surface area contributed by atoms with Crippen LogP contribution >= 0.6 is 0 Å². The topological polar surface area (TPSA) is 62.1 Å². The summed E-state index contributed by atoms with van der Waals surface area (Å²) in [6.45, 7) is 1.18. The summed E-state index contributed by atoms with van der Waals surface area (Å²) in [5.74, 6) is -0.281. The van der Waals surface area contributed by atoms with Gasteiger partial charge in [-0.15, -0.1) is 0 Å². The number of rotatable bonds is 8. The number of halogens is 2. The van der Waals surface area contributed by atoms with Gasteiger partial charge in [0.2, 0.25) is 5.91 Å². The monoisotopic (exact) mass is 234 g/mol. The van der Waals surface area contributed by atoms with Crippen LogP contribution in [0.2, 0.25) is 0 Å². The highest BCUT2D eigenvalue weighted by molar-refractivity contribution is 5.76. The van der Waals surface area contributed by atoms with Gasteiger partial charge in [-0.3, -0.25) is 4.79 Å². The van der Waals surface area contributed by atoms with Crippen LogP contribution in [0.4, 0.5) is 8.78 Å². The van der Waals surface area contributed by atoms with E-state index < -0.39 is 13.0 Å². The molecule has 1 unspecified atom stereocenters. The molecule has 0 radical (unpaired) electrons. The fraction of sp³-hybridized carbons (Fsp3) is 0.800. The Morgan fingerprint density at radius 2 is 2.25 bits per heavy atom. The molecular weight excluding hydrogens is 218 g/mol. The highest BCUT2D eigenvalue weighted by Crippen LogP contribution is 1.98. The predicted molar refractivity (Wildman–Crippen MR) is 53.9 cm³/mol. The molecule has 0 aromatic heterocycles. The van der Waals surface area contributed by atoms with Gasteiger partial charge < -0.3 is 10.1 Å². The molecule has 0 rings (SSSR count). The number of nitrogens with zero attached hydrogens (tertiary/aromatic N) is 1. The van der Waals surface area contributed by atoms with Crippen molar-refractivity contribution in [3.8, 4) is 6.07 Å². The van der Waals surface area contributed by atoms with Gasteiger partial charge in [0.15, 0.2) is 0 Å². The third kappa shape index (κ3) is 8.12. The van der Waals surface area contributed by atoms with Crippen molar-refractivity contribution in [3.63, 3.8) is 0 Å². The molecule has 0 aliphatic carbocycles. The Morgan fingerprint density at radius 1 is 1.56 bits per heavy atom. The summed E-state index contributed by atoms with van der Waals surface area (Å²) in [6.07, 6.45) is -1.56.